The molecule has 1 atom stereocenters. The Hall–Kier alpha value is -3.67. The number of hydrogen-bond donors (Lipinski definition) is 3. The lowest BCUT2D eigenvalue weighted by Gasteiger charge is -2.22. The number of ether oxygens (including phenoxy) is 1. The van der Waals surface area contributed by atoms with Crippen molar-refractivity contribution >= 4 is 40.3 Å². The van der Waals surface area contributed by atoms with E-state index in [0.717, 1.165) is 55.6 Å². The van der Waals surface area contributed by atoms with Gasteiger partial charge in [0.2, 0.25) is 5.95 Å². The smallest absolute Gasteiger partial charge is 0.315 e. The molecular formula is C25H36N10O2. The first-order valence-corrected chi connectivity index (χ1v) is 13.0. The Morgan fingerprint density at radius 1 is 1.11 bits per heavy atom. The van der Waals surface area contributed by atoms with Gasteiger partial charge in [-0.05, 0) is 33.1 Å². The Labute approximate surface area is 216 Å². The predicted octanol–water partition coefficient (Wildman–Crippen LogP) is 2.67. The van der Waals surface area contributed by atoms with Crippen LogP contribution in [0, 0.1) is 0 Å². The summed E-state index contributed by atoms with van der Waals surface area (Å²) in [7, 11) is 1.61. The molecule has 1 unspecified atom stereocenters. The van der Waals surface area contributed by atoms with Crippen molar-refractivity contribution in [3.05, 3.63) is 24.5 Å². The lowest BCUT2D eigenvalue weighted by Crippen LogP contribution is -2.44. The Bertz CT molecular complexity index is 1220. The SMILES string of the molecule is COCCNC(=O)NC1CCN(c2nc(Nc3cc4c(cn3)cnn4C(C)C)cc(N3CCCC3)n2)C1. The molecule has 12 nitrogen and oxygen atoms in total. The summed E-state index contributed by atoms with van der Waals surface area (Å²) in [6, 6.07) is 4.10. The summed E-state index contributed by atoms with van der Waals surface area (Å²) in [5, 5.41) is 14.8. The van der Waals surface area contributed by atoms with Crippen molar-refractivity contribution in [2.45, 2.75) is 45.2 Å². The highest BCUT2D eigenvalue weighted by molar-refractivity contribution is 5.81. The van der Waals surface area contributed by atoms with E-state index in [2.05, 4.69) is 49.7 Å². The summed E-state index contributed by atoms with van der Waals surface area (Å²) in [6.45, 7) is 8.58. The van der Waals surface area contributed by atoms with E-state index in [9.17, 15) is 4.79 Å². The van der Waals surface area contributed by atoms with Gasteiger partial charge in [0.1, 0.15) is 17.5 Å². The number of rotatable bonds is 9. The second kappa shape index (κ2) is 11.2. The van der Waals surface area contributed by atoms with Gasteiger partial charge in [-0.1, -0.05) is 0 Å². The molecule has 3 aromatic heterocycles. The molecule has 3 aromatic rings. The van der Waals surface area contributed by atoms with Crippen molar-refractivity contribution < 1.29 is 9.53 Å². The van der Waals surface area contributed by atoms with Gasteiger partial charge in [0.25, 0.3) is 0 Å². The minimum atomic E-state index is -0.180. The maximum absolute atomic E-state index is 12.2. The summed E-state index contributed by atoms with van der Waals surface area (Å²) in [5.41, 5.74) is 1.03. The molecule has 2 fully saturated rings. The predicted molar refractivity (Wildman–Crippen MR) is 144 cm³/mol. The second-order valence-electron chi connectivity index (χ2n) is 9.87. The first-order valence-electron chi connectivity index (χ1n) is 13.0. The minimum absolute atomic E-state index is 0.0263. The fraction of sp³-hybridized carbons (Fsp3) is 0.560. The van der Waals surface area contributed by atoms with Crippen LogP contribution < -0.4 is 25.8 Å². The van der Waals surface area contributed by atoms with E-state index >= 15 is 0 Å². The molecule has 5 heterocycles. The van der Waals surface area contributed by atoms with E-state index in [0.29, 0.717) is 37.3 Å². The van der Waals surface area contributed by atoms with Gasteiger partial charge in [0, 0.05) is 75.6 Å². The monoisotopic (exact) mass is 508 g/mol. The van der Waals surface area contributed by atoms with Crippen molar-refractivity contribution in [1.29, 1.82) is 0 Å². The third kappa shape index (κ3) is 5.85. The molecule has 0 bridgehead atoms. The van der Waals surface area contributed by atoms with E-state index in [1.165, 1.54) is 0 Å². The molecule has 2 amide bonds. The molecule has 3 N–H and O–H groups in total. The Kier molecular flexibility index (Phi) is 7.54. The highest BCUT2D eigenvalue weighted by Gasteiger charge is 2.27. The quantitative estimate of drug-likeness (QED) is 0.374. The van der Waals surface area contributed by atoms with Crippen LogP contribution in [0.15, 0.2) is 24.5 Å². The molecule has 0 aromatic carbocycles. The van der Waals surface area contributed by atoms with Gasteiger partial charge in [0.05, 0.1) is 18.3 Å². The topological polar surface area (TPSA) is 125 Å². The number of hydrogen-bond acceptors (Lipinski definition) is 9. The molecule has 2 aliphatic heterocycles. The fourth-order valence-electron chi connectivity index (χ4n) is 4.85. The van der Waals surface area contributed by atoms with E-state index < -0.39 is 0 Å². The highest BCUT2D eigenvalue weighted by atomic mass is 16.5. The van der Waals surface area contributed by atoms with Gasteiger partial charge < -0.3 is 30.5 Å². The second-order valence-corrected chi connectivity index (χ2v) is 9.87. The zero-order chi connectivity index (χ0) is 25.8. The van der Waals surface area contributed by atoms with Crippen LogP contribution in [-0.4, -0.2) is 83.2 Å². The lowest BCUT2D eigenvalue weighted by molar-refractivity contribution is 0.195. The van der Waals surface area contributed by atoms with Crippen LogP contribution in [0.4, 0.5) is 28.2 Å². The molecule has 12 heteroatoms. The number of nitrogens with one attached hydrogen (secondary N) is 3. The van der Waals surface area contributed by atoms with Gasteiger partial charge in [-0.3, -0.25) is 4.68 Å². The number of carbonyl (C=O) groups is 1. The first kappa shape index (κ1) is 25.0. The molecule has 198 valence electrons. The lowest BCUT2D eigenvalue weighted by atomic mass is 10.3. The van der Waals surface area contributed by atoms with Crippen LogP contribution in [0.2, 0.25) is 0 Å². The summed E-state index contributed by atoms with van der Waals surface area (Å²) in [4.78, 5) is 31.0. The van der Waals surface area contributed by atoms with Gasteiger partial charge in [-0.25, -0.2) is 9.78 Å². The number of urea groups is 1. The summed E-state index contributed by atoms with van der Waals surface area (Å²) < 4.78 is 6.98. The summed E-state index contributed by atoms with van der Waals surface area (Å²) >= 11 is 0. The van der Waals surface area contributed by atoms with Crippen molar-refractivity contribution in [1.82, 2.24) is 35.4 Å². The number of methoxy groups -OCH3 is 1. The molecule has 0 radical (unpaired) electrons. The number of fused-ring (bicyclic) bond motifs is 1. The van der Waals surface area contributed by atoms with Crippen LogP contribution >= 0.6 is 0 Å². The van der Waals surface area contributed by atoms with Crippen LogP contribution in [0.3, 0.4) is 0 Å². The van der Waals surface area contributed by atoms with E-state index in [1.807, 2.05) is 29.2 Å². The van der Waals surface area contributed by atoms with E-state index in [1.54, 1.807) is 7.11 Å². The first-order chi connectivity index (χ1) is 18.0. The number of carbonyl (C=O) groups excluding carboxylic acids is 1. The van der Waals surface area contributed by atoms with E-state index in [4.69, 9.17) is 14.7 Å². The zero-order valence-corrected chi connectivity index (χ0v) is 21.8. The van der Waals surface area contributed by atoms with Gasteiger partial charge >= 0.3 is 6.03 Å². The standard InChI is InChI=1S/C25H36N10O2/c1-17(2)35-20-12-21(27-14-18(20)15-28-35)30-22-13-23(33-8-4-5-9-33)32-24(31-22)34-10-6-19(16-34)29-25(36)26-7-11-37-3/h12-15,17,19H,4-11,16H2,1-3H3,(H2,26,29,36)(H,27,30,31,32). The number of aromatic nitrogens is 5. The van der Waals surface area contributed by atoms with Gasteiger partial charge in [0.15, 0.2) is 0 Å². The van der Waals surface area contributed by atoms with Crippen molar-refractivity contribution in [2.24, 2.45) is 0 Å². The normalized spacial score (nSPS) is 17.7. The number of amides is 2. The number of anilines is 4. The Morgan fingerprint density at radius 2 is 1.95 bits per heavy atom. The summed E-state index contributed by atoms with van der Waals surface area (Å²) in [5.74, 6) is 2.97. The average molecular weight is 509 g/mol. The van der Waals surface area contributed by atoms with Crippen molar-refractivity contribution in [3.8, 4) is 0 Å². The molecule has 2 saturated heterocycles. The molecule has 2 aliphatic rings. The zero-order valence-electron chi connectivity index (χ0n) is 21.8. The molecule has 0 aliphatic carbocycles. The molecule has 37 heavy (non-hydrogen) atoms. The molecule has 5 rings (SSSR count). The van der Waals surface area contributed by atoms with E-state index in [-0.39, 0.29) is 18.1 Å². The maximum Gasteiger partial charge on any atom is 0.315 e. The van der Waals surface area contributed by atoms with Crippen LogP contribution in [0.1, 0.15) is 39.2 Å². The molecule has 0 saturated carbocycles. The third-order valence-electron chi connectivity index (χ3n) is 6.75. The van der Waals surface area contributed by atoms with Crippen molar-refractivity contribution in [3.63, 3.8) is 0 Å². The maximum atomic E-state index is 12.2. The third-order valence-corrected chi connectivity index (χ3v) is 6.75. The Morgan fingerprint density at radius 3 is 2.73 bits per heavy atom. The largest absolute Gasteiger partial charge is 0.383 e. The van der Waals surface area contributed by atoms with Gasteiger partial charge in [-0.2, -0.15) is 15.1 Å². The Balaban J connectivity index is 1.35. The van der Waals surface area contributed by atoms with Crippen LogP contribution in [-0.2, 0) is 4.74 Å². The summed E-state index contributed by atoms with van der Waals surface area (Å²) in [6.07, 6.45) is 6.83. The highest BCUT2D eigenvalue weighted by Crippen LogP contribution is 2.28. The van der Waals surface area contributed by atoms with Crippen LogP contribution in [0.25, 0.3) is 10.9 Å². The number of pyridine rings is 1. The minimum Gasteiger partial charge on any atom is -0.383 e. The average Bonchev–Trinajstić information content (AvgIpc) is 3.65. The fourth-order valence-corrected chi connectivity index (χ4v) is 4.85. The molecular weight excluding hydrogens is 472 g/mol. The van der Waals surface area contributed by atoms with Crippen LogP contribution in [0.5, 0.6) is 0 Å². The van der Waals surface area contributed by atoms with Crippen molar-refractivity contribution in [2.75, 3.05) is 61.6 Å². The molecule has 0 spiro atoms. The van der Waals surface area contributed by atoms with Gasteiger partial charge in [-0.15, -0.1) is 0 Å². The number of nitrogens with zero attached hydrogens (tertiary/aromatic N) is 7.